The van der Waals surface area contributed by atoms with Gasteiger partial charge in [-0.1, -0.05) is 18.5 Å². The Morgan fingerprint density at radius 1 is 1.31 bits per heavy atom. The maximum Gasteiger partial charge on any atom is 0.0849 e. The van der Waals surface area contributed by atoms with E-state index in [1.165, 1.54) is 12.1 Å². The second-order valence-corrected chi connectivity index (χ2v) is 4.32. The Bertz CT molecular complexity index is 320. The van der Waals surface area contributed by atoms with Gasteiger partial charge in [-0.05, 0) is 46.2 Å². The third kappa shape index (κ3) is 3.22. The normalized spacial score (nSPS) is 11.0. The topological polar surface area (TPSA) is 29.9 Å². The van der Waals surface area contributed by atoms with Crippen molar-refractivity contribution in [1.82, 2.24) is 15.1 Å². The first-order chi connectivity index (χ1) is 7.74. The zero-order chi connectivity index (χ0) is 12.0. The number of halogens is 1. The Balaban J connectivity index is 2.65. The lowest BCUT2D eigenvalue weighted by Gasteiger charge is -2.05. The predicted molar refractivity (Wildman–Crippen MR) is 69.2 cm³/mol. The van der Waals surface area contributed by atoms with Gasteiger partial charge in [0.25, 0.3) is 0 Å². The van der Waals surface area contributed by atoms with Crippen LogP contribution in [0.2, 0.25) is 5.02 Å². The predicted octanol–water partition coefficient (Wildman–Crippen LogP) is 2.66. The van der Waals surface area contributed by atoms with Gasteiger partial charge in [0, 0.05) is 6.54 Å². The summed E-state index contributed by atoms with van der Waals surface area (Å²) in [6.45, 7) is 6.18. The molecule has 0 atom stereocenters. The van der Waals surface area contributed by atoms with Crippen LogP contribution < -0.4 is 5.32 Å². The number of aryl methyl sites for hydroxylation is 2. The Hall–Kier alpha value is -0.540. The molecule has 1 N–H and O–H groups in total. The highest BCUT2D eigenvalue weighted by atomic mass is 35.5. The van der Waals surface area contributed by atoms with Gasteiger partial charge in [0.05, 0.1) is 16.4 Å². The number of hydrogen-bond acceptors (Lipinski definition) is 2. The maximum atomic E-state index is 6.32. The molecule has 1 heterocycles. The van der Waals surface area contributed by atoms with E-state index in [2.05, 4.69) is 24.3 Å². The molecule has 0 fully saturated rings. The summed E-state index contributed by atoms with van der Waals surface area (Å²) >= 11 is 6.32. The highest BCUT2D eigenvalue weighted by molar-refractivity contribution is 6.31. The Kier molecular flexibility index (Phi) is 5.85. The first kappa shape index (κ1) is 13.5. The standard InChI is InChI=1S/C12H22ClN3/c1-4-10-12(13)11(16(5-2)15-10)8-6-7-9-14-3/h14H,4-9H2,1-3H3. The Morgan fingerprint density at radius 3 is 2.62 bits per heavy atom. The van der Waals surface area contributed by atoms with Crippen LogP contribution in [-0.4, -0.2) is 23.4 Å². The number of hydrogen-bond donors (Lipinski definition) is 1. The third-order valence-corrected chi connectivity index (χ3v) is 3.22. The summed E-state index contributed by atoms with van der Waals surface area (Å²) in [5, 5.41) is 8.56. The van der Waals surface area contributed by atoms with Crippen LogP contribution >= 0.6 is 11.6 Å². The molecule has 0 amide bonds. The van der Waals surface area contributed by atoms with E-state index in [-0.39, 0.29) is 0 Å². The van der Waals surface area contributed by atoms with E-state index in [4.69, 9.17) is 11.6 Å². The summed E-state index contributed by atoms with van der Waals surface area (Å²) in [4.78, 5) is 0. The largest absolute Gasteiger partial charge is 0.320 e. The van der Waals surface area contributed by atoms with Crippen LogP contribution in [0.3, 0.4) is 0 Å². The van der Waals surface area contributed by atoms with Crippen molar-refractivity contribution in [2.75, 3.05) is 13.6 Å². The zero-order valence-electron chi connectivity index (χ0n) is 10.5. The van der Waals surface area contributed by atoms with Crippen LogP contribution in [0.1, 0.15) is 38.1 Å². The summed E-state index contributed by atoms with van der Waals surface area (Å²) in [7, 11) is 1.98. The summed E-state index contributed by atoms with van der Waals surface area (Å²) < 4.78 is 2.04. The fourth-order valence-corrected chi connectivity index (χ4v) is 2.21. The minimum Gasteiger partial charge on any atom is -0.320 e. The SMILES string of the molecule is CCc1nn(CC)c(CCCCNC)c1Cl. The molecule has 0 saturated carbocycles. The van der Waals surface area contributed by atoms with E-state index >= 15 is 0 Å². The van der Waals surface area contributed by atoms with Gasteiger partial charge in [-0.15, -0.1) is 0 Å². The van der Waals surface area contributed by atoms with Crippen molar-refractivity contribution in [3.8, 4) is 0 Å². The molecule has 0 bridgehead atoms. The van der Waals surface area contributed by atoms with Crippen molar-refractivity contribution >= 4 is 11.6 Å². The smallest absolute Gasteiger partial charge is 0.0849 e. The highest BCUT2D eigenvalue weighted by Gasteiger charge is 2.13. The van der Waals surface area contributed by atoms with Crippen molar-refractivity contribution in [2.24, 2.45) is 0 Å². The van der Waals surface area contributed by atoms with Crippen LogP contribution in [0, 0.1) is 0 Å². The Morgan fingerprint density at radius 2 is 2.06 bits per heavy atom. The molecule has 92 valence electrons. The van der Waals surface area contributed by atoms with Crippen molar-refractivity contribution in [3.63, 3.8) is 0 Å². The molecule has 0 spiro atoms. The number of rotatable bonds is 7. The molecule has 0 aliphatic rings. The van der Waals surface area contributed by atoms with Crippen molar-refractivity contribution in [1.29, 1.82) is 0 Å². The van der Waals surface area contributed by atoms with E-state index < -0.39 is 0 Å². The average molecular weight is 244 g/mol. The molecule has 16 heavy (non-hydrogen) atoms. The Labute approximate surface area is 103 Å². The lowest BCUT2D eigenvalue weighted by atomic mass is 10.1. The molecule has 1 aromatic rings. The molecule has 3 nitrogen and oxygen atoms in total. The van der Waals surface area contributed by atoms with E-state index in [9.17, 15) is 0 Å². The molecule has 0 radical (unpaired) electrons. The van der Waals surface area contributed by atoms with E-state index in [0.717, 1.165) is 43.1 Å². The summed E-state index contributed by atoms with van der Waals surface area (Å²) in [6.07, 6.45) is 4.29. The van der Waals surface area contributed by atoms with Gasteiger partial charge in [0.15, 0.2) is 0 Å². The number of aromatic nitrogens is 2. The second kappa shape index (κ2) is 6.92. The molecule has 0 aliphatic carbocycles. The van der Waals surface area contributed by atoms with E-state index in [0.29, 0.717) is 0 Å². The first-order valence-electron chi connectivity index (χ1n) is 6.13. The summed E-state index contributed by atoms with van der Waals surface area (Å²) in [6, 6.07) is 0. The minimum atomic E-state index is 0.883. The molecule has 1 aromatic heterocycles. The van der Waals surface area contributed by atoms with Gasteiger partial charge < -0.3 is 5.32 Å². The highest BCUT2D eigenvalue weighted by Crippen LogP contribution is 2.23. The molecular weight excluding hydrogens is 222 g/mol. The summed E-state index contributed by atoms with van der Waals surface area (Å²) in [5.74, 6) is 0. The quantitative estimate of drug-likeness (QED) is 0.747. The molecule has 0 aliphatic heterocycles. The lowest BCUT2D eigenvalue weighted by molar-refractivity contribution is 0.590. The number of nitrogens with zero attached hydrogens (tertiary/aromatic N) is 2. The average Bonchev–Trinajstić information content (AvgIpc) is 2.61. The van der Waals surface area contributed by atoms with Gasteiger partial charge in [0.2, 0.25) is 0 Å². The van der Waals surface area contributed by atoms with Crippen LogP contribution in [0.15, 0.2) is 0 Å². The van der Waals surface area contributed by atoms with Crippen molar-refractivity contribution in [3.05, 3.63) is 16.4 Å². The van der Waals surface area contributed by atoms with Gasteiger partial charge >= 0.3 is 0 Å². The molecule has 0 saturated heterocycles. The van der Waals surface area contributed by atoms with Gasteiger partial charge in [-0.25, -0.2) is 0 Å². The maximum absolute atomic E-state index is 6.32. The second-order valence-electron chi connectivity index (χ2n) is 3.94. The van der Waals surface area contributed by atoms with Crippen molar-refractivity contribution in [2.45, 2.75) is 46.1 Å². The first-order valence-corrected chi connectivity index (χ1v) is 6.51. The van der Waals surface area contributed by atoms with Gasteiger partial charge in [-0.2, -0.15) is 5.10 Å². The molecule has 1 rings (SSSR count). The molecule has 0 unspecified atom stereocenters. The van der Waals surface area contributed by atoms with Gasteiger partial charge in [-0.3, -0.25) is 4.68 Å². The third-order valence-electron chi connectivity index (χ3n) is 2.78. The van der Waals surface area contributed by atoms with Crippen LogP contribution in [0.25, 0.3) is 0 Å². The number of nitrogens with one attached hydrogen (secondary N) is 1. The van der Waals surface area contributed by atoms with Crippen LogP contribution in [-0.2, 0) is 19.4 Å². The van der Waals surface area contributed by atoms with Crippen LogP contribution in [0.5, 0.6) is 0 Å². The van der Waals surface area contributed by atoms with Gasteiger partial charge in [0.1, 0.15) is 0 Å². The fourth-order valence-electron chi connectivity index (χ4n) is 1.85. The van der Waals surface area contributed by atoms with E-state index in [1.807, 2.05) is 11.7 Å². The van der Waals surface area contributed by atoms with Crippen molar-refractivity contribution < 1.29 is 0 Å². The fraction of sp³-hybridized carbons (Fsp3) is 0.750. The summed E-state index contributed by atoms with van der Waals surface area (Å²) in [5.41, 5.74) is 2.24. The molecule has 0 aromatic carbocycles. The van der Waals surface area contributed by atoms with Crippen LogP contribution in [0.4, 0.5) is 0 Å². The van der Waals surface area contributed by atoms with E-state index in [1.54, 1.807) is 0 Å². The number of unbranched alkanes of at least 4 members (excludes halogenated alkanes) is 1. The monoisotopic (exact) mass is 243 g/mol. The zero-order valence-corrected chi connectivity index (χ0v) is 11.3. The molecule has 4 heteroatoms. The molecular formula is C12H22ClN3. The lowest BCUT2D eigenvalue weighted by Crippen LogP contribution is -2.08. The minimum absolute atomic E-state index is 0.883.